The summed E-state index contributed by atoms with van der Waals surface area (Å²) in [6, 6.07) is 15.0. The topological polar surface area (TPSA) is 73.5 Å². The van der Waals surface area contributed by atoms with Crippen LogP contribution in [0.4, 0.5) is 5.69 Å². The number of carbonyl (C=O) groups excluding carboxylic acids is 1. The van der Waals surface area contributed by atoms with Gasteiger partial charge in [-0.2, -0.15) is 0 Å². The first-order valence-corrected chi connectivity index (χ1v) is 8.79. The maximum atomic E-state index is 12.8. The molecule has 0 saturated carbocycles. The number of carbonyl (C=O) groups is 1. The fourth-order valence-corrected chi connectivity index (χ4v) is 3.19. The minimum Gasteiger partial charge on any atom is -0.496 e. The van der Waals surface area contributed by atoms with E-state index in [1.807, 2.05) is 29.1 Å². The average Bonchev–Trinajstić information content (AvgIpc) is 3.22. The molecule has 2 aromatic heterocycles. The molecule has 1 N–H and O–H groups in total. The highest BCUT2D eigenvalue weighted by Crippen LogP contribution is 2.30. The molecule has 140 valence electrons. The van der Waals surface area contributed by atoms with Crippen LogP contribution < -0.4 is 15.7 Å². The van der Waals surface area contributed by atoms with E-state index in [1.165, 1.54) is 13.2 Å². The fraction of sp³-hybridized carbons (Fsp3) is 0.0476. The fourth-order valence-electron chi connectivity index (χ4n) is 2.93. The summed E-state index contributed by atoms with van der Waals surface area (Å²) in [5, 5.41) is 3.94. The van der Waals surface area contributed by atoms with Crippen LogP contribution in [0.25, 0.3) is 16.7 Å². The van der Waals surface area contributed by atoms with Gasteiger partial charge in [0.25, 0.3) is 5.91 Å². The highest BCUT2D eigenvalue weighted by molar-refractivity contribution is 6.33. The van der Waals surface area contributed by atoms with Crippen molar-refractivity contribution in [3.63, 3.8) is 0 Å². The van der Waals surface area contributed by atoms with Crippen molar-refractivity contribution in [2.75, 3.05) is 12.4 Å². The van der Waals surface area contributed by atoms with Crippen molar-refractivity contribution >= 4 is 34.2 Å². The molecule has 4 aromatic rings. The van der Waals surface area contributed by atoms with Gasteiger partial charge >= 0.3 is 5.63 Å². The minimum absolute atomic E-state index is 0.308. The molecule has 0 radical (unpaired) electrons. The Morgan fingerprint density at radius 2 is 1.89 bits per heavy atom. The molecule has 0 aliphatic rings. The summed E-state index contributed by atoms with van der Waals surface area (Å²) in [5.41, 5.74) is 1.59. The lowest BCUT2D eigenvalue weighted by molar-refractivity contribution is 0.102. The maximum absolute atomic E-state index is 12.8. The van der Waals surface area contributed by atoms with Crippen molar-refractivity contribution < 1.29 is 13.9 Å². The number of ether oxygens (including phenoxy) is 1. The third kappa shape index (κ3) is 3.37. The number of hydrogen-bond acceptors (Lipinski definition) is 4. The molecule has 0 aliphatic carbocycles. The lowest BCUT2D eigenvalue weighted by Gasteiger charge is -2.14. The van der Waals surface area contributed by atoms with Crippen LogP contribution >= 0.6 is 11.6 Å². The molecule has 2 aromatic carbocycles. The van der Waals surface area contributed by atoms with Crippen molar-refractivity contribution in [3.8, 4) is 11.4 Å². The zero-order valence-corrected chi connectivity index (χ0v) is 15.6. The smallest absolute Gasteiger partial charge is 0.336 e. The van der Waals surface area contributed by atoms with Crippen LogP contribution in [0.3, 0.4) is 0 Å². The summed E-state index contributed by atoms with van der Waals surface area (Å²) >= 11 is 6.39. The SMILES string of the molecule is COc1cc(-n2cccc2)c(Cl)cc1C(=O)Nc1ccc2oc(=O)ccc2c1. The largest absolute Gasteiger partial charge is 0.496 e. The molecule has 0 saturated heterocycles. The summed E-state index contributed by atoms with van der Waals surface area (Å²) < 4.78 is 12.3. The van der Waals surface area contributed by atoms with Crippen LogP contribution in [0.15, 0.2) is 76.2 Å². The molecule has 28 heavy (non-hydrogen) atoms. The van der Waals surface area contributed by atoms with E-state index < -0.39 is 5.63 Å². The van der Waals surface area contributed by atoms with E-state index in [4.69, 9.17) is 20.8 Å². The van der Waals surface area contributed by atoms with E-state index in [-0.39, 0.29) is 5.91 Å². The number of rotatable bonds is 4. The number of aromatic nitrogens is 1. The molecule has 1 amide bonds. The van der Waals surface area contributed by atoms with Gasteiger partial charge < -0.3 is 19.0 Å². The Morgan fingerprint density at radius 3 is 2.64 bits per heavy atom. The molecule has 4 rings (SSSR count). The van der Waals surface area contributed by atoms with Crippen molar-refractivity contribution in [3.05, 3.63) is 88.0 Å². The van der Waals surface area contributed by atoms with Crippen molar-refractivity contribution in [2.45, 2.75) is 0 Å². The first-order valence-electron chi connectivity index (χ1n) is 8.41. The average molecular weight is 395 g/mol. The molecule has 0 bridgehead atoms. The number of anilines is 1. The Labute approximate surface area is 164 Å². The molecule has 0 fully saturated rings. The lowest BCUT2D eigenvalue weighted by Crippen LogP contribution is -2.14. The number of amides is 1. The zero-order chi connectivity index (χ0) is 19.7. The van der Waals surface area contributed by atoms with E-state index in [1.54, 1.807) is 36.4 Å². The van der Waals surface area contributed by atoms with Crippen LogP contribution in [0.5, 0.6) is 5.75 Å². The summed E-state index contributed by atoms with van der Waals surface area (Å²) in [4.78, 5) is 24.1. The normalized spacial score (nSPS) is 10.8. The number of fused-ring (bicyclic) bond motifs is 1. The summed E-state index contributed by atoms with van der Waals surface area (Å²) in [5.74, 6) is 0.0342. The Morgan fingerprint density at radius 1 is 1.11 bits per heavy atom. The molecule has 6 nitrogen and oxygen atoms in total. The molecule has 0 aliphatic heterocycles. The second kappa shape index (κ2) is 7.25. The maximum Gasteiger partial charge on any atom is 0.336 e. The Bertz CT molecular complexity index is 1230. The second-order valence-corrected chi connectivity index (χ2v) is 6.46. The minimum atomic E-state index is -0.425. The predicted molar refractivity (Wildman–Crippen MR) is 108 cm³/mol. The van der Waals surface area contributed by atoms with Crippen LogP contribution in [0.2, 0.25) is 5.02 Å². The molecular weight excluding hydrogens is 380 g/mol. The molecule has 2 heterocycles. The zero-order valence-electron chi connectivity index (χ0n) is 14.8. The third-order valence-corrected chi connectivity index (χ3v) is 4.58. The summed E-state index contributed by atoms with van der Waals surface area (Å²) in [7, 11) is 1.50. The Balaban J connectivity index is 1.67. The van der Waals surface area contributed by atoms with Gasteiger partial charge in [0.1, 0.15) is 11.3 Å². The van der Waals surface area contributed by atoms with Gasteiger partial charge in [0.05, 0.1) is 23.4 Å². The van der Waals surface area contributed by atoms with Gasteiger partial charge in [0, 0.05) is 35.6 Å². The number of nitrogens with one attached hydrogen (secondary N) is 1. The highest BCUT2D eigenvalue weighted by atomic mass is 35.5. The van der Waals surface area contributed by atoms with Crippen LogP contribution in [0.1, 0.15) is 10.4 Å². The first-order chi connectivity index (χ1) is 13.5. The van der Waals surface area contributed by atoms with Gasteiger partial charge in [-0.25, -0.2) is 4.79 Å². The number of halogens is 1. The number of nitrogens with zero attached hydrogens (tertiary/aromatic N) is 1. The molecule has 0 unspecified atom stereocenters. The summed E-state index contributed by atoms with van der Waals surface area (Å²) in [6.45, 7) is 0. The van der Waals surface area contributed by atoms with Gasteiger partial charge in [0.2, 0.25) is 0 Å². The van der Waals surface area contributed by atoms with Gasteiger partial charge in [0.15, 0.2) is 0 Å². The number of hydrogen-bond donors (Lipinski definition) is 1. The van der Waals surface area contributed by atoms with Gasteiger partial charge in [-0.3, -0.25) is 4.79 Å². The standard InChI is InChI=1S/C21H15ClN2O4/c1-27-19-12-17(24-8-2-3-9-24)16(22)11-15(19)21(26)23-14-5-6-18-13(10-14)4-7-20(25)28-18/h2-12H,1H3,(H,23,26). The number of benzene rings is 2. The molecule has 0 spiro atoms. The summed E-state index contributed by atoms with van der Waals surface area (Å²) in [6.07, 6.45) is 3.71. The second-order valence-electron chi connectivity index (χ2n) is 6.06. The monoisotopic (exact) mass is 394 g/mol. The van der Waals surface area contributed by atoms with Gasteiger partial charge in [-0.15, -0.1) is 0 Å². The Hall–Kier alpha value is -3.51. The van der Waals surface area contributed by atoms with E-state index in [0.29, 0.717) is 38.7 Å². The van der Waals surface area contributed by atoms with Crippen molar-refractivity contribution in [1.82, 2.24) is 4.57 Å². The lowest BCUT2D eigenvalue weighted by atomic mass is 10.1. The van der Waals surface area contributed by atoms with E-state index in [9.17, 15) is 9.59 Å². The van der Waals surface area contributed by atoms with Crippen molar-refractivity contribution in [1.29, 1.82) is 0 Å². The molecule has 0 atom stereocenters. The van der Waals surface area contributed by atoms with E-state index in [2.05, 4.69) is 5.32 Å². The van der Waals surface area contributed by atoms with Crippen LogP contribution in [-0.4, -0.2) is 17.6 Å². The predicted octanol–water partition coefficient (Wildman–Crippen LogP) is 4.50. The van der Waals surface area contributed by atoms with E-state index in [0.717, 1.165) is 0 Å². The van der Waals surface area contributed by atoms with E-state index >= 15 is 0 Å². The highest BCUT2D eigenvalue weighted by Gasteiger charge is 2.17. The molecular formula is C21H15ClN2O4. The van der Waals surface area contributed by atoms with Crippen LogP contribution in [-0.2, 0) is 0 Å². The van der Waals surface area contributed by atoms with Crippen LogP contribution in [0, 0.1) is 0 Å². The third-order valence-electron chi connectivity index (χ3n) is 4.27. The van der Waals surface area contributed by atoms with Gasteiger partial charge in [-0.05, 0) is 42.5 Å². The first kappa shape index (κ1) is 17.9. The Kier molecular flexibility index (Phi) is 4.63. The van der Waals surface area contributed by atoms with Gasteiger partial charge in [-0.1, -0.05) is 11.6 Å². The van der Waals surface area contributed by atoms with Crippen molar-refractivity contribution in [2.24, 2.45) is 0 Å². The number of methoxy groups -OCH3 is 1. The quantitative estimate of drug-likeness (QED) is 0.517. The molecule has 7 heteroatoms.